The van der Waals surface area contributed by atoms with Crippen molar-refractivity contribution in [2.75, 3.05) is 11.9 Å². The van der Waals surface area contributed by atoms with E-state index in [2.05, 4.69) is 43.5 Å². The summed E-state index contributed by atoms with van der Waals surface area (Å²) in [4.78, 5) is 14.6. The summed E-state index contributed by atoms with van der Waals surface area (Å²) in [5.74, 6) is 0.441. The first-order valence-corrected chi connectivity index (χ1v) is 8.03. The van der Waals surface area contributed by atoms with Crippen LogP contribution in [0.1, 0.15) is 34.0 Å². The first-order chi connectivity index (χ1) is 10.0. The summed E-state index contributed by atoms with van der Waals surface area (Å²) in [5, 5.41) is 6.30. The molecule has 0 bridgehead atoms. The normalized spacial score (nSPS) is 10.7. The van der Waals surface area contributed by atoms with Crippen molar-refractivity contribution in [2.45, 2.75) is 27.3 Å². The van der Waals surface area contributed by atoms with Crippen LogP contribution in [0.4, 0.5) is 5.69 Å². The Balaban J connectivity index is 1.95. The highest BCUT2D eigenvalue weighted by atomic mass is 32.1. The van der Waals surface area contributed by atoms with Crippen LogP contribution in [0.2, 0.25) is 0 Å². The SMILES string of the molecule is Cc1ccc(CNc2cccc(C(=O)NCC(C)C)c2)s1. The molecule has 1 aromatic heterocycles. The van der Waals surface area contributed by atoms with Crippen molar-refractivity contribution in [3.05, 3.63) is 51.7 Å². The Bertz CT molecular complexity index is 604. The van der Waals surface area contributed by atoms with Crippen molar-refractivity contribution >= 4 is 22.9 Å². The van der Waals surface area contributed by atoms with Gasteiger partial charge in [-0.3, -0.25) is 4.79 Å². The van der Waals surface area contributed by atoms with Gasteiger partial charge in [-0.1, -0.05) is 19.9 Å². The van der Waals surface area contributed by atoms with Gasteiger partial charge in [-0.2, -0.15) is 0 Å². The molecule has 2 rings (SSSR count). The molecule has 1 amide bonds. The van der Waals surface area contributed by atoms with E-state index in [0.717, 1.165) is 12.2 Å². The fraction of sp³-hybridized carbons (Fsp3) is 0.353. The number of anilines is 1. The molecule has 0 aliphatic rings. The Labute approximate surface area is 130 Å². The van der Waals surface area contributed by atoms with Gasteiger partial charge in [-0.15, -0.1) is 11.3 Å². The van der Waals surface area contributed by atoms with Crippen LogP contribution in [-0.4, -0.2) is 12.5 Å². The summed E-state index contributed by atoms with van der Waals surface area (Å²) >= 11 is 1.79. The van der Waals surface area contributed by atoms with Crippen LogP contribution in [0.3, 0.4) is 0 Å². The third-order valence-corrected chi connectivity index (χ3v) is 4.06. The van der Waals surface area contributed by atoms with E-state index in [-0.39, 0.29) is 5.91 Å². The maximum atomic E-state index is 12.0. The van der Waals surface area contributed by atoms with E-state index >= 15 is 0 Å². The zero-order valence-corrected chi connectivity index (χ0v) is 13.6. The van der Waals surface area contributed by atoms with Gasteiger partial charge in [0.2, 0.25) is 0 Å². The fourth-order valence-corrected chi connectivity index (χ4v) is 2.77. The van der Waals surface area contributed by atoms with Crippen LogP contribution < -0.4 is 10.6 Å². The number of aryl methyl sites for hydroxylation is 1. The van der Waals surface area contributed by atoms with Crippen molar-refractivity contribution < 1.29 is 4.79 Å². The number of hydrogen-bond donors (Lipinski definition) is 2. The number of hydrogen-bond acceptors (Lipinski definition) is 3. The molecular formula is C17H22N2OS. The van der Waals surface area contributed by atoms with Crippen LogP contribution in [-0.2, 0) is 6.54 Å². The minimum Gasteiger partial charge on any atom is -0.380 e. The van der Waals surface area contributed by atoms with E-state index in [4.69, 9.17) is 0 Å². The fourth-order valence-electron chi connectivity index (χ4n) is 1.94. The van der Waals surface area contributed by atoms with Crippen molar-refractivity contribution in [3.63, 3.8) is 0 Å². The summed E-state index contributed by atoms with van der Waals surface area (Å²) in [6.45, 7) is 7.76. The molecule has 3 nitrogen and oxygen atoms in total. The van der Waals surface area contributed by atoms with E-state index in [0.29, 0.717) is 18.0 Å². The molecule has 1 heterocycles. The maximum Gasteiger partial charge on any atom is 0.251 e. The largest absolute Gasteiger partial charge is 0.380 e. The third kappa shape index (κ3) is 4.90. The quantitative estimate of drug-likeness (QED) is 0.845. The first-order valence-electron chi connectivity index (χ1n) is 7.22. The molecule has 0 atom stereocenters. The van der Waals surface area contributed by atoms with Crippen molar-refractivity contribution in [2.24, 2.45) is 5.92 Å². The summed E-state index contributed by atoms with van der Waals surface area (Å²) < 4.78 is 0. The van der Waals surface area contributed by atoms with E-state index in [9.17, 15) is 4.79 Å². The van der Waals surface area contributed by atoms with Gasteiger partial charge in [-0.25, -0.2) is 0 Å². The molecule has 0 saturated carbocycles. The van der Waals surface area contributed by atoms with Gasteiger partial charge >= 0.3 is 0 Å². The maximum absolute atomic E-state index is 12.0. The molecule has 0 fully saturated rings. The topological polar surface area (TPSA) is 41.1 Å². The van der Waals surface area contributed by atoms with Crippen LogP contribution in [0, 0.1) is 12.8 Å². The molecule has 0 aliphatic heterocycles. The Morgan fingerprint density at radius 2 is 2.05 bits per heavy atom. The molecule has 2 aromatic rings. The minimum atomic E-state index is -0.0145. The van der Waals surface area contributed by atoms with E-state index in [1.54, 1.807) is 11.3 Å². The number of carbonyl (C=O) groups excluding carboxylic acids is 1. The molecule has 0 aliphatic carbocycles. The first kappa shape index (κ1) is 15.6. The minimum absolute atomic E-state index is 0.0145. The highest BCUT2D eigenvalue weighted by Gasteiger charge is 2.06. The Hall–Kier alpha value is -1.81. The zero-order valence-electron chi connectivity index (χ0n) is 12.8. The summed E-state index contributed by atoms with van der Waals surface area (Å²) in [7, 11) is 0. The number of nitrogens with one attached hydrogen (secondary N) is 2. The van der Waals surface area contributed by atoms with Gasteiger partial charge in [0.25, 0.3) is 5.91 Å². The second kappa shape index (κ2) is 7.27. The second-order valence-electron chi connectivity index (χ2n) is 5.55. The number of amides is 1. The van der Waals surface area contributed by atoms with E-state index in [1.807, 2.05) is 24.3 Å². The molecule has 0 saturated heterocycles. The molecule has 4 heteroatoms. The van der Waals surface area contributed by atoms with Crippen LogP contribution in [0.15, 0.2) is 36.4 Å². The lowest BCUT2D eigenvalue weighted by Crippen LogP contribution is -2.27. The second-order valence-corrected chi connectivity index (χ2v) is 6.92. The summed E-state index contributed by atoms with van der Waals surface area (Å²) in [5.41, 5.74) is 1.67. The Morgan fingerprint density at radius 1 is 1.24 bits per heavy atom. The van der Waals surface area contributed by atoms with Crippen molar-refractivity contribution in [1.82, 2.24) is 5.32 Å². The van der Waals surface area contributed by atoms with Crippen molar-refractivity contribution in [1.29, 1.82) is 0 Å². The molecular weight excluding hydrogens is 280 g/mol. The van der Waals surface area contributed by atoms with E-state index in [1.165, 1.54) is 9.75 Å². The van der Waals surface area contributed by atoms with Crippen LogP contribution in [0.25, 0.3) is 0 Å². The van der Waals surface area contributed by atoms with Gasteiger partial charge in [0.05, 0.1) is 0 Å². The lowest BCUT2D eigenvalue weighted by Gasteiger charge is -2.09. The van der Waals surface area contributed by atoms with Crippen LogP contribution in [0.5, 0.6) is 0 Å². The number of carbonyl (C=O) groups is 1. The predicted octanol–water partition coefficient (Wildman–Crippen LogP) is 4.05. The Morgan fingerprint density at radius 3 is 2.71 bits per heavy atom. The van der Waals surface area contributed by atoms with Crippen molar-refractivity contribution in [3.8, 4) is 0 Å². The monoisotopic (exact) mass is 302 g/mol. The summed E-state index contributed by atoms with van der Waals surface area (Å²) in [6.07, 6.45) is 0. The molecule has 21 heavy (non-hydrogen) atoms. The number of thiophene rings is 1. The van der Waals surface area contributed by atoms with Gasteiger partial charge in [0.1, 0.15) is 0 Å². The lowest BCUT2D eigenvalue weighted by atomic mass is 10.1. The van der Waals surface area contributed by atoms with Gasteiger partial charge < -0.3 is 10.6 Å². The number of benzene rings is 1. The molecule has 0 unspecified atom stereocenters. The van der Waals surface area contributed by atoms with Gasteiger partial charge in [0.15, 0.2) is 0 Å². The van der Waals surface area contributed by atoms with Gasteiger partial charge in [0, 0.05) is 34.1 Å². The third-order valence-electron chi connectivity index (χ3n) is 3.06. The molecule has 0 spiro atoms. The standard InChI is InChI=1S/C17H22N2OS/c1-12(2)10-19-17(20)14-5-4-6-15(9-14)18-11-16-8-7-13(3)21-16/h4-9,12,18H,10-11H2,1-3H3,(H,19,20). The number of rotatable bonds is 6. The van der Waals surface area contributed by atoms with Gasteiger partial charge in [-0.05, 0) is 43.2 Å². The molecule has 1 aromatic carbocycles. The molecule has 2 N–H and O–H groups in total. The zero-order chi connectivity index (χ0) is 15.2. The average molecular weight is 302 g/mol. The average Bonchev–Trinajstić information content (AvgIpc) is 2.88. The highest BCUT2D eigenvalue weighted by molar-refractivity contribution is 7.11. The smallest absolute Gasteiger partial charge is 0.251 e. The summed E-state index contributed by atoms with van der Waals surface area (Å²) in [6, 6.07) is 11.9. The Kier molecular flexibility index (Phi) is 5.39. The highest BCUT2D eigenvalue weighted by Crippen LogP contribution is 2.17. The molecule has 0 radical (unpaired) electrons. The molecule has 112 valence electrons. The van der Waals surface area contributed by atoms with Crippen LogP contribution >= 0.6 is 11.3 Å². The predicted molar refractivity (Wildman–Crippen MR) is 90.0 cm³/mol. The lowest BCUT2D eigenvalue weighted by molar-refractivity contribution is 0.0949. The van der Waals surface area contributed by atoms with E-state index < -0.39 is 0 Å².